The molecule has 5 heteroatoms. The van der Waals surface area contributed by atoms with E-state index in [-0.39, 0.29) is 23.0 Å². The Balaban J connectivity index is 1.07. The van der Waals surface area contributed by atoms with E-state index < -0.39 is 7.26 Å². The van der Waals surface area contributed by atoms with Crippen LogP contribution >= 0.6 is 7.26 Å². The van der Waals surface area contributed by atoms with E-state index in [1.807, 2.05) is 6.92 Å². The second-order valence-electron chi connectivity index (χ2n) is 13.7. The van der Waals surface area contributed by atoms with Gasteiger partial charge in [0.05, 0.1) is 14.2 Å². The third-order valence-electron chi connectivity index (χ3n) is 10.4. The van der Waals surface area contributed by atoms with Crippen LogP contribution in [0.15, 0.2) is 91.0 Å². The van der Waals surface area contributed by atoms with Crippen molar-refractivity contribution in [1.29, 1.82) is 0 Å². The summed E-state index contributed by atoms with van der Waals surface area (Å²) in [6.45, 7) is 1.82. The van der Waals surface area contributed by atoms with Crippen molar-refractivity contribution in [3.8, 4) is 23.0 Å². The Bertz CT molecular complexity index is 1390. The maximum absolute atomic E-state index is 10.7. The summed E-state index contributed by atoms with van der Waals surface area (Å²) in [5.74, 6) is 0.550. The molecule has 4 aromatic rings. The van der Waals surface area contributed by atoms with Gasteiger partial charge in [-0.25, -0.2) is 0 Å². The Morgan fingerprint density at radius 3 is 1.14 bits per heavy atom. The van der Waals surface area contributed by atoms with Crippen LogP contribution in [0.4, 0.5) is 0 Å². The quantitative estimate of drug-likeness (QED) is 0.0464. The molecule has 4 aromatic carbocycles. The maximum atomic E-state index is 10.7. The van der Waals surface area contributed by atoms with Crippen LogP contribution in [-0.4, -0.2) is 30.6 Å². The zero-order valence-corrected chi connectivity index (χ0v) is 31.4. The number of methoxy groups -OCH3 is 2. The minimum Gasteiger partial charge on any atom is -0.504 e. The average Bonchev–Trinajstić information content (AvgIpc) is 3.15. The smallest absolute Gasteiger partial charge is 0.207 e. The first-order valence-corrected chi connectivity index (χ1v) is 21.1. The molecular formula is C44H61O4P. The predicted octanol–water partition coefficient (Wildman–Crippen LogP) is 10.5. The summed E-state index contributed by atoms with van der Waals surface area (Å²) in [7, 11) is 0.866. The number of benzene rings is 4. The van der Waals surface area contributed by atoms with Crippen molar-refractivity contribution in [2.75, 3.05) is 20.4 Å². The van der Waals surface area contributed by atoms with Crippen LogP contribution in [-0.2, 0) is 6.42 Å². The molecule has 0 aliphatic rings. The van der Waals surface area contributed by atoms with Gasteiger partial charge in [0.15, 0.2) is 11.5 Å². The van der Waals surface area contributed by atoms with Gasteiger partial charge in [-0.3, -0.25) is 0 Å². The average molecular weight is 685 g/mol. The molecule has 2 N–H and O–H groups in total. The molecule has 0 heterocycles. The fraction of sp³-hybridized carbons (Fsp3) is 0.455. The molecule has 0 amide bonds. The zero-order valence-electron chi connectivity index (χ0n) is 30.4. The molecule has 49 heavy (non-hydrogen) atoms. The van der Waals surface area contributed by atoms with E-state index in [0.717, 1.165) is 24.8 Å². The molecule has 4 nitrogen and oxygen atoms in total. The molecule has 0 saturated carbocycles. The van der Waals surface area contributed by atoms with Gasteiger partial charge in [0, 0.05) is 11.1 Å². The molecule has 0 aliphatic heterocycles. The van der Waals surface area contributed by atoms with Gasteiger partial charge in [-0.05, 0) is 19.8 Å². The third kappa shape index (κ3) is 10.5. The molecule has 0 fully saturated rings. The number of aromatic hydroxyl groups is 2. The normalized spacial score (nSPS) is 11.8. The Morgan fingerprint density at radius 1 is 0.449 bits per heavy atom. The van der Waals surface area contributed by atoms with Crippen molar-refractivity contribution in [3.63, 3.8) is 0 Å². The molecule has 0 saturated heterocycles. The van der Waals surface area contributed by atoms with E-state index in [1.54, 1.807) is 0 Å². The first kappa shape index (κ1) is 38.3. The summed E-state index contributed by atoms with van der Waals surface area (Å²) in [4.78, 5) is 0. The minimum absolute atomic E-state index is 0.0530. The first-order chi connectivity index (χ1) is 24.0. The van der Waals surface area contributed by atoms with Gasteiger partial charge in [-0.1, -0.05) is 19.3 Å². The molecule has 4 rings (SSSR count). The second kappa shape index (κ2) is 20.9. The molecule has 0 aromatic heterocycles. The Kier molecular flexibility index (Phi) is 16.3. The fourth-order valence-electron chi connectivity index (χ4n) is 7.62. The van der Waals surface area contributed by atoms with Crippen LogP contribution in [0, 0.1) is 6.92 Å². The molecule has 0 aliphatic carbocycles. The second-order valence-corrected chi connectivity index (χ2v) is 17.7. The Morgan fingerprint density at radius 2 is 0.776 bits per heavy atom. The van der Waals surface area contributed by atoms with Crippen molar-refractivity contribution in [2.45, 2.75) is 110 Å². The number of phenols is 2. The first-order valence-electron chi connectivity index (χ1n) is 18.9. The van der Waals surface area contributed by atoms with Crippen molar-refractivity contribution in [2.24, 2.45) is 0 Å². The molecule has 0 radical (unpaired) electrons. The summed E-state index contributed by atoms with van der Waals surface area (Å²) in [6, 6.07) is 34.0. The summed E-state index contributed by atoms with van der Waals surface area (Å²) in [6.07, 6.45) is 21.3. The topological polar surface area (TPSA) is 58.9 Å². The van der Waals surface area contributed by atoms with Gasteiger partial charge in [-0.2, -0.15) is 0 Å². The number of hydrogen-bond acceptors (Lipinski definition) is 4. The fourth-order valence-corrected chi connectivity index (χ4v) is 12.5. The summed E-state index contributed by atoms with van der Waals surface area (Å²) in [5.41, 5.74) is 1.43. The van der Waals surface area contributed by atoms with Crippen LogP contribution in [0.1, 0.15) is 107 Å². The summed E-state index contributed by atoms with van der Waals surface area (Å²) < 4.78 is 10.5. The van der Waals surface area contributed by atoms with Crippen molar-refractivity contribution >= 4 is 23.2 Å². The van der Waals surface area contributed by atoms with E-state index in [9.17, 15) is 10.2 Å². The SMILES string of the molecule is COc1c(O)c(C)c(CCCCCCCCCCCCCCCCC[PH](c2ccccc2)(c2ccccc2)c2ccccc2)c(O)c1OC. The van der Waals surface area contributed by atoms with Gasteiger partial charge < -0.3 is 19.7 Å². The van der Waals surface area contributed by atoms with Gasteiger partial charge in [0.2, 0.25) is 11.5 Å². The van der Waals surface area contributed by atoms with Gasteiger partial charge in [0.25, 0.3) is 0 Å². The number of hydrogen-bond donors (Lipinski definition) is 2. The van der Waals surface area contributed by atoms with E-state index in [4.69, 9.17) is 9.47 Å². The third-order valence-corrected chi connectivity index (χ3v) is 15.5. The monoisotopic (exact) mass is 684 g/mol. The Hall–Kier alpha value is -3.49. The summed E-state index contributed by atoms with van der Waals surface area (Å²) >= 11 is 0. The molecular weight excluding hydrogens is 623 g/mol. The zero-order chi connectivity index (χ0) is 34.7. The van der Waals surface area contributed by atoms with Crippen LogP contribution in [0.2, 0.25) is 0 Å². The molecule has 0 spiro atoms. The van der Waals surface area contributed by atoms with Crippen LogP contribution < -0.4 is 25.4 Å². The maximum Gasteiger partial charge on any atom is 0.207 e. The van der Waals surface area contributed by atoms with E-state index in [0.29, 0.717) is 5.56 Å². The van der Waals surface area contributed by atoms with Crippen molar-refractivity contribution < 1.29 is 19.7 Å². The van der Waals surface area contributed by atoms with Gasteiger partial charge >= 0.3 is 191 Å². The molecule has 0 bridgehead atoms. The number of ether oxygens (including phenoxy) is 2. The van der Waals surface area contributed by atoms with Crippen molar-refractivity contribution in [1.82, 2.24) is 0 Å². The van der Waals surface area contributed by atoms with Crippen LogP contribution in [0.5, 0.6) is 23.0 Å². The number of rotatable bonds is 23. The van der Waals surface area contributed by atoms with Gasteiger partial charge in [-0.15, -0.1) is 0 Å². The standard InChI is InChI=1S/C44H61O4P/c1-36-40(42(46)44(48-3)43(47-2)41(36)45)34-26-15-13-11-9-7-5-4-6-8-10-12-14-16-27-35-49(37-28-20-17-21-29-37,38-30-22-18-23-31-38)39-32-24-19-25-33-39/h17-25,28-33,45-46,49H,4-16,26-27,34-35H2,1-3H3. The molecule has 0 unspecified atom stereocenters. The predicted molar refractivity (Wildman–Crippen MR) is 212 cm³/mol. The Labute approximate surface area is 297 Å². The van der Waals surface area contributed by atoms with Crippen LogP contribution in [0.25, 0.3) is 0 Å². The largest absolute Gasteiger partial charge is 0.504 e. The van der Waals surface area contributed by atoms with Crippen molar-refractivity contribution in [3.05, 3.63) is 102 Å². The van der Waals surface area contributed by atoms with E-state index in [2.05, 4.69) is 91.0 Å². The number of unbranched alkanes of at least 4 members (excludes halogenated alkanes) is 14. The van der Waals surface area contributed by atoms with E-state index in [1.165, 1.54) is 120 Å². The minimum atomic E-state index is -2.08. The summed E-state index contributed by atoms with van der Waals surface area (Å²) in [5, 5.41) is 25.7. The molecule has 0 atom stereocenters. The van der Waals surface area contributed by atoms with E-state index >= 15 is 0 Å². The number of phenolic OH excluding ortho intramolecular Hbond substituents is 2. The molecule has 266 valence electrons. The van der Waals surface area contributed by atoms with Gasteiger partial charge in [0.1, 0.15) is 0 Å². The van der Waals surface area contributed by atoms with Crippen LogP contribution in [0.3, 0.4) is 0 Å².